The van der Waals surface area contributed by atoms with Gasteiger partial charge in [-0.05, 0) is 30.3 Å². The first-order valence-electron chi connectivity index (χ1n) is 5.99. The molecule has 0 saturated heterocycles. The number of carbonyl (C=O) groups is 1. The minimum absolute atomic E-state index is 0.180. The molecule has 1 aromatic carbocycles. The Hall–Kier alpha value is -2.11. The number of halogens is 2. The second-order valence-corrected chi connectivity index (χ2v) is 5.15. The average Bonchev–Trinajstić information content (AvgIpc) is 2.78. The van der Waals surface area contributed by atoms with Gasteiger partial charge in [0.1, 0.15) is 0 Å². The fraction of sp³-hybridized carbons (Fsp3) is 0.0714. The van der Waals surface area contributed by atoms with E-state index >= 15 is 0 Å². The lowest BCUT2D eigenvalue weighted by Crippen LogP contribution is -2.20. The Labute approximate surface area is 128 Å². The maximum atomic E-state index is 12.2. The van der Waals surface area contributed by atoms with Gasteiger partial charge in [0.15, 0.2) is 17.0 Å². The highest BCUT2D eigenvalue weighted by Gasteiger charge is 2.15. The van der Waals surface area contributed by atoms with Crippen LogP contribution in [0.3, 0.4) is 0 Å². The molecule has 2 aromatic heterocycles. The Bertz CT molecular complexity index is 899. The molecule has 0 bridgehead atoms. The van der Waals surface area contributed by atoms with Gasteiger partial charge in [-0.25, -0.2) is 9.78 Å². The van der Waals surface area contributed by atoms with Gasteiger partial charge < -0.3 is 4.42 Å². The summed E-state index contributed by atoms with van der Waals surface area (Å²) >= 11 is 11.7. The monoisotopic (exact) mass is 322 g/mol. The molecule has 0 aliphatic rings. The molecule has 0 aliphatic heterocycles. The summed E-state index contributed by atoms with van der Waals surface area (Å²) in [5, 5.41) is 0.644. The van der Waals surface area contributed by atoms with Crippen LogP contribution < -0.4 is 5.76 Å². The quantitative estimate of drug-likeness (QED) is 0.695. The Morgan fingerprint density at radius 2 is 2.05 bits per heavy atom. The van der Waals surface area contributed by atoms with Crippen LogP contribution in [-0.2, 0) is 6.54 Å². The van der Waals surface area contributed by atoms with E-state index in [-0.39, 0.29) is 17.4 Å². The molecule has 0 spiro atoms. The molecule has 0 atom stereocenters. The van der Waals surface area contributed by atoms with E-state index in [1.165, 1.54) is 22.9 Å². The van der Waals surface area contributed by atoms with E-state index in [1.54, 1.807) is 18.2 Å². The van der Waals surface area contributed by atoms with Crippen LogP contribution in [0.1, 0.15) is 10.4 Å². The predicted molar refractivity (Wildman–Crippen MR) is 79.1 cm³/mol. The Kier molecular flexibility index (Phi) is 3.53. The van der Waals surface area contributed by atoms with Crippen molar-refractivity contribution in [3.8, 4) is 0 Å². The largest absolute Gasteiger partial charge is 0.421 e. The molecule has 7 heteroatoms. The molecule has 0 unspecified atom stereocenters. The number of hydrogen-bond donors (Lipinski definition) is 0. The molecule has 0 amide bonds. The number of fused-ring (bicyclic) bond motifs is 1. The van der Waals surface area contributed by atoms with Gasteiger partial charge in [0.05, 0.1) is 16.6 Å². The van der Waals surface area contributed by atoms with E-state index in [4.69, 9.17) is 27.6 Å². The Morgan fingerprint density at radius 1 is 1.24 bits per heavy atom. The molecule has 3 rings (SSSR count). The van der Waals surface area contributed by atoms with Crippen LogP contribution in [0.15, 0.2) is 45.7 Å². The number of Topliss-reactive ketones (excluding diaryl/α,β-unsaturated/α-hetero) is 1. The molecule has 0 saturated carbocycles. The predicted octanol–water partition coefficient (Wildman–Crippen LogP) is 3.18. The fourth-order valence-corrected chi connectivity index (χ4v) is 2.24. The zero-order chi connectivity index (χ0) is 15.0. The zero-order valence-electron chi connectivity index (χ0n) is 10.5. The number of carbonyl (C=O) groups excluding carboxylic acids is 1. The van der Waals surface area contributed by atoms with Crippen LogP contribution in [0.4, 0.5) is 0 Å². The number of pyridine rings is 1. The van der Waals surface area contributed by atoms with E-state index in [0.717, 1.165) is 0 Å². The Morgan fingerprint density at radius 3 is 2.81 bits per heavy atom. The third-order valence-electron chi connectivity index (χ3n) is 2.97. The Balaban J connectivity index is 1.98. The van der Waals surface area contributed by atoms with Crippen LogP contribution in [0.5, 0.6) is 0 Å². The summed E-state index contributed by atoms with van der Waals surface area (Å²) in [7, 11) is 0. The van der Waals surface area contributed by atoms with E-state index < -0.39 is 5.76 Å². The number of aromatic nitrogens is 2. The summed E-state index contributed by atoms with van der Waals surface area (Å²) in [6.45, 7) is -0.180. The molecule has 5 nitrogen and oxygen atoms in total. The molecule has 0 aliphatic carbocycles. The van der Waals surface area contributed by atoms with E-state index in [9.17, 15) is 9.59 Å². The number of rotatable bonds is 3. The van der Waals surface area contributed by atoms with Crippen LogP contribution >= 0.6 is 23.2 Å². The topological polar surface area (TPSA) is 65.1 Å². The van der Waals surface area contributed by atoms with E-state index in [1.807, 2.05) is 0 Å². The summed E-state index contributed by atoms with van der Waals surface area (Å²) in [6.07, 6.45) is 1.53. The molecule has 21 heavy (non-hydrogen) atoms. The van der Waals surface area contributed by atoms with E-state index in [2.05, 4.69) is 4.98 Å². The van der Waals surface area contributed by atoms with Gasteiger partial charge in [0.25, 0.3) is 0 Å². The third-order valence-corrected chi connectivity index (χ3v) is 3.71. The van der Waals surface area contributed by atoms with Gasteiger partial charge in [0, 0.05) is 11.8 Å². The molecule has 106 valence electrons. The summed E-state index contributed by atoms with van der Waals surface area (Å²) in [5.74, 6) is -0.916. The highest BCUT2D eigenvalue weighted by atomic mass is 35.5. The minimum Gasteiger partial charge on any atom is -0.406 e. The SMILES string of the molecule is O=C(Cn1c(=O)oc2cccnc21)c1ccc(Cl)c(Cl)c1. The van der Waals surface area contributed by atoms with Gasteiger partial charge in [0.2, 0.25) is 0 Å². The molecule has 2 heterocycles. The lowest BCUT2D eigenvalue weighted by Gasteiger charge is -2.03. The van der Waals surface area contributed by atoms with E-state index in [0.29, 0.717) is 21.8 Å². The van der Waals surface area contributed by atoms with Crippen molar-refractivity contribution >= 4 is 40.2 Å². The fourth-order valence-electron chi connectivity index (χ4n) is 1.94. The molecular weight excluding hydrogens is 315 g/mol. The van der Waals surface area contributed by atoms with Gasteiger partial charge in [-0.2, -0.15) is 0 Å². The van der Waals surface area contributed by atoms with Crippen LogP contribution in [0, 0.1) is 0 Å². The first-order chi connectivity index (χ1) is 10.1. The summed E-state index contributed by atoms with van der Waals surface area (Å²) < 4.78 is 6.20. The van der Waals surface area contributed by atoms with Crippen molar-refractivity contribution in [2.75, 3.05) is 0 Å². The second-order valence-electron chi connectivity index (χ2n) is 4.33. The number of hydrogen-bond acceptors (Lipinski definition) is 4. The third kappa shape index (κ3) is 2.57. The second kappa shape index (κ2) is 5.35. The lowest BCUT2D eigenvalue weighted by molar-refractivity contribution is 0.0970. The molecule has 0 fully saturated rings. The summed E-state index contributed by atoms with van der Waals surface area (Å²) in [4.78, 5) is 28.1. The molecular formula is C14H8Cl2N2O3. The van der Waals surface area contributed by atoms with Crippen molar-refractivity contribution in [2.24, 2.45) is 0 Å². The van der Waals surface area contributed by atoms with Crippen LogP contribution in [-0.4, -0.2) is 15.3 Å². The normalized spacial score (nSPS) is 11.0. The summed E-state index contributed by atoms with van der Waals surface area (Å²) in [5.41, 5.74) is 1.03. The van der Waals surface area contributed by atoms with Crippen molar-refractivity contribution in [1.29, 1.82) is 0 Å². The highest BCUT2D eigenvalue weighted by Crippen LogP contribution is 2.23. The van der Waals surface area contributed by atoms with Gasteiger partial charge in [-0.3, -0.25) is 9.36 Å². The van der Waals surface area contributed by atoms with Gasteiger partial charge >= 0.3 is 5.76 Å². The van der Waals surface area contributed by atoms with Crippen molar-refractivity contribution in [2.45, 2.75) is 6.54 Å². The van der Waals surface area contributed by atoms with Crippen molar-refractivity contribution < 1.29 is 9.21 Å². The van der Waals surface area contributed by atoms with Crippen LogP contribution in [0.2, 0.25) is 10.0 Å². The number of benzene rings is 1. The average molecular weight is 323 g/mol. The number of ketones is 1. The summed E-state index contributed by atoms with van der Waals surface area (Å²) in [6, 6.07) is 7.82. The van der Waals surface area contributed by atoms with Gasteiger partial charge in [-0.1, -0.05) is 23.2 Å². The zero-order valence-corrected chi connectivity index (χ0v) is 12.1. The maximum Gasteiger partial charge on any atom is 0.421 e. The van der Waals surface area contributed by atoms with Crippen molar-refractivity contribution in [1.82, 2.24) is 9.55 Å². The minimum atomic E-state index is -0.628. The first kappa shape index (κ1) is 13.9. The molecule has 0 N–H and O–H groups in total. The molecule has 0 radical (unpaired) electrons. The first-order valence-corrected chi connectivity index (χ1v) is 6.74. The number of oxazole rings is 1. The highest BCUT2D eigenvalue weighted by molar-refractivity contribution is 6.42. The lowest BCUT2D eigenvalue weighted by atomic mass is 10.1. The molecule has 3 aromatic rings. The maximum absolute atomic E-state index is 12.2. The smallest absolute Gasteiger partial charge is 0.406 e. The standard InChI is InChI=1S/C14H8Cl2N2O3/c15-9-4-3-8(6-10(9)16)11(19)7-18-13-12(21-14(18)20)2-1-5-17-13/h1-6H,7H2. The van der Waals surface area contributed by atoms with Crippen molar-refractivity contribution in [3.05, 3.63) is 62.7 Å². The van der Waals surface area contributed by atoms with Crippen molar-refractivity contribution in [3.63, 3.8) is 0 Å². The number of nitrogens with zero attached hydrogens (tertiary/aromatic N) is 2. The van der Waals surface area contributed by atoms with Gasteiger partial charge in [-0.15, -0.1) is 0 Å². The van der Waals surface area contributed by atoms with Crippen LogP contribution in [0.25, 0.3) is 11.2 Å².